The van der Waals surface area contributed by atoms with E-state index >= 15 is 0 Å². The third-order valence-corrected chi connectivity index (χ3v) is 8.22. The van der Waals surface area contributed by atoms with Gasteiger partial charge in [0.2, 0.25) is 5.91 Å². The number of anilines is 2. The number of benzene rings is 3. The molecule has 2 N–H and O–H groups in total. The minimum absolute atomic E-state index is 0.0670. The summed E-state index contributed by atoms with van der Waals surface area (Å²) in [6.45, 7) is -0.599. The number of carbonyl (C=O) groups excluding carboxylic acids is 2. The number of ether oxygens (including phenoxy) is 1. The van der Waals surface area contributed by atoms with Gasteiger partial charge in [0.15, 0.2) is 0 Å². The third-order valence-electron chi connectivity index (χ3n) is 6.44. The fraction of sp³-hybridized carbons (Fsp3) is 0.286. The van der Waals surface area contributed by atoms with Gasteiger partial charge in [-0.25, -0.2) is 12.8 Å². The van der Waals surface area contributed by atoms with Gasteiger partial charge in [-0.2, -0.15) is 0 Å². The maximum atomic E-state index is 13.6. The molecule has 10 heteroatoms. The van der Waals surface area contributed by atoms with Crippen LogP contribution in [0, 0.1) is 5.82 Å². The molecule has 1 aliphatic rings. The lowest BCUT2D eigenvalue weighted by Crippen LogP contribution is -2.39. The van der Waals surface area contributed by atoms with Gasteiger partial charge < -0.3 is 15.4 Å². The highest BCUT2D eigenvalue weighted by Gasteiger charge is 2.28. The van der Waals surface area contributed by atoms with Crippen LogP contribution in [0.1, 0.15) is 42.5 Å². The molecule has 0 unspecified atom stereocenters. The van der Waals surface area contributed by atoms with Gasteiger partial charge in [0.1, 0.15) is 18.1 Å². The SMILES string of the molecule is COc1ccc(S(=O)(=O)N(CC(=O)Nc2ccccc2C(=O)NC2CCCCC2)c2ccc(F)cc2)cc1. The first-order valence-electron chi connectivity index (χ1n) is 12.4. The van der Waals surface area contributed by atoms with Crippen molar-refractivity contribution < 1.29 is 27.1 Å². The molecule has 2 amide bonds. The van der Waals surface area contributed by atoms with Crippen molar-refractivity contribution in [3.8, 4) is 5.75 Å². The van der Waals surface area contributed by atoms with Crippen molar-refractivity contribution in [1.29, 1.82) is 0 Å². The van der Waals surface area contributed by atoms with Crippen LogP contribution in [0.15, 0.2) is 77.7 Å². The summed E-state index contributed by atoms with van der Waals surface area (Å²) in [5.41, 5.74) is 0.671. The van der Waals surface area contributed by atoms with E-state index in [9.17, 15) is 22.4 Å². The maximum Gasteiger partial charge on any atom is 0.264 e. The number of hydrogen-bond donors (Lipinski definition) is 2. The number of nitrogens with zero attached hydrogens (tertiary/aromatic N) is 1. The number of amides is 2. The Morgan fingerprint density at radius 2 is 1.61 bits per heavy atom. The first kappa shape index (κ1) is 27.1. The van der Waals surface area contributed by atoms with Crippen LogP contribution in [0.3, 0.4) is 0 Å². The highest BCUT2D eigenvalue weighted by molar-refractivity contribution is 7.92. The van der Waals surface area contributed by atoms with Gasteiger partial charge in [0.25, 0.3) is 15.9 Å². The van der Waals surface area contributed by atoms with Crippen LogP contribution in [0.2, 0.25) is 0 Å². The normalized spacial score (nSPS) is 13.9. The topological polar surface area (TPSA) is 105 Å². The Morgan fingerprint density at radius 3 is 2.26 bits per heavy atom. The second-order valence-corrected chi connectivity index (χ2v) is 10.9. The number of carbonyl (C=O) groups is 2. The molecule has 0 atom stereocenters. The number of hydrogen-bond acceptors (Lipinski definition) is 5. The summed E-state index contributed by atoms with van der Waals surface area (Å²) in [6, 6.07) is 17.2. The van der Waals surface area contributed by atoms with E-state index in [0.717, 1.165) is 48.5 Å². The molecule has 1 aliphatic carbocycles. The number of methoxy groups -OCH3 is 1. The Bertz CT molecular complexity index is 1370. The molecular formula is C28H30FN3O5S. The molecule has 8 nitrogen and oxygen atoms in total. The van der Waals surface area contributed by atoms with Gasteiger partial charge in [-0.1, -0.05) is 31.4 Å². The van der Waals surface area contributed by atoms with Crippen LogP contribution < -0.4 is 19.7 Å². The number of sulfonamides is 1. The molecule has 3 aromatic carbocycles. The molecule has 4 rings (SSSR count). The molecule has 3 aromatic rings. The Kier molecular flexibility index (Phi) is 8.62. The average Bonchev–Trinajstić information content (AvgIpc) is 2.93. The van der Waals surface area contributed by atoms with E-state index in [1.807, 2.05) is 0 Å². The van der Waals surface area contributed by atoms with Crippen LogP contribution in [0.4, 0.5) is 15.8 Å². The third kappa shape index (κ3) is 6.49. The fourth-order valence-electron chi connectivity index (χ4n) is 4.42. The monoisotopic (exact) mass is 539 g/mol. The average molecular weight is 540 g/mol. The van der Waals surface area contributed by atoms with E-state index in [1.165, 1.54) is 43.5 Å². The molecule has 0 aliphatic heterocycles. The van der Waals surface area contributed by atoms with Gasteiger partial charge >= 0.3 is 0 Å². The minimum atomic E-state index is -4.21. The summed E-state index contributed by atoms with van der Waals surface area (Å²) >= 11 is 0. The van der Waals surface area contributed by atoms with Crippen LogP contribution in [0.5, 0.6) is 5.75 Å². The van der Waals surface area contributed by atoms with E-state index in [-0.39, 0.29) is 33.8 Å². The quantitative estimate of drug-likeness (QED) is 0.409. The zero-order chi connectivity index (χ0) is 27.1. The summed E-state index contributed by atoms with van der Waals surface area (Å²) in [5, 5.41) is 5.72. The van der Waals surface area contributed by atoms with Gasteiger partial charge in [0, 0.05) is 6.04 Å². The van der Waals surface area contributed by atoms with Crippen molar-refractivity contribution in [3.05, 3.63) is 84.2 Å². The van der Waals surface area contributed by atoms with E-state index in [0.29, 0.717) is 5.75 Å². The van der Waals surface area contributed by atoms with E-state index < -0.39 is 28.3 Å². The Morgan fingerprint density at radius 1 is 0.947 bits per heavy atom. The fourth-order valence-corrected chi connectivity index (χ4v) is 5.84. The van der Waals surface area contributed by atoms with Crippen LogP contribution >= 0.6 is 0 Å². The van der Waals surface area contributed by atoms with Crippen molar-refractivity contribution in [2.24, 2.45) is 0 Å². The van der Waals surface area contributed by atoms with E-state index in [2.05, 4.69) is 10.6 Å². The standard InChI is InChI=1S/C28H30FN3O5S/c1-37-23-15-17-24(18-16-23)38(35,36)32(22-13-11-20(29)12-14-22)19-27(33)31-26-10-6-5-9-25(26)28(34)30-21-7-3-2-4-8-21/h5-6,9-18,21H,2-4,7-8,19H2,1H3,(H,30,34)(H,31,33). The van der Waals surface area contributed by atoms with Gasteiger partial charge in [-0.05, 0) is 73.5 Å². The highest BCUT2D eigenvalue weighted by Crippen LogP contribution is 2.26. The van der Waals surface area contributed by atoms with Gasteiger partial charge in [-0.3, -0.25) is 13.9 Å². The predicted molar refractivity (Wildman–Crippen MR) is 143 cm³/mol. The number of halogens is 1. The molecule has 0 radical (unpaired) electrons. The van der Waals surface area contributed by atoms with Crippen molar-refractivity contribution in [1.82, 2.24) is 5.32 Å². The molecule has 0 saturated heterocycles. The second-order valence-electron chi connectivity index (χ2n) is 9.07. The van der Waals surface area contributed by atoms with Crippen molar-refractivity contribution in [2.75, 3.05) is 23.3 Å². The number of para-hydroxylation sites is 1. The zero-order valence-corrected chi connectivity index (χ0v) is 21.8. The first-order chi connectivity index (χ1) is 18.3. The molecular weight excluding hydrogens is 509 g/mol. The van der Waals surface area contributed by atoms with Gasteiger partial charge in [-0.15, -0.1) is 0 Å². The molecule has 0 aromatic heterocycles. The number of nitrogens with one attached hydrogen (secondary N) is 2. The molecule has 0 spiro atoms. The summed E-state index contributed by atoms with van der Waals surface area (Å²) in [5.74, 6) is -1.03. The molecule has 0 heterocycles. The van der Waals surface area contributed by atoms with Gasteiger partial charge in [0.05, 0.1) is 28.9 Å². The Labute approximate surface area is 221 Å². The molecule has 0 bridgehead atoms. The Balaban J connectivity index is 1.57. The zero-order valence-electron chi connectivity index (χ0n) is 21.0. The lowest BCUT2D eigenvalue weighted by atomic mass is 9.95. The summed E-state index contributed by atoms with van der Waals surface area (Å²) in [4.78, 5) is 26.1. The predicted octanol–water partition coefficient (Wildman–Crippen LogP) is 4.73. The summed E-state index contributed by atoms with van der Waals surface area (Å²) in [6.07, 6.45) is 5.10. The molecule has 38 heavy (non-hydrogen) atoms. The number of rotatable bonds is 9. The second kappa shape index (κ2) is 12.1. The maximum absolute atomic E-state index is 13.6. The highest BCUT2D eigenvalue weighted by atomic mass is 32.2. The molecule has 200 valence electrons. The van der Waals surface area contributed by atoms with E-state index in [1.54, 1.807) is 24.3 Å². The first-order valence-corrected chi connectivity index (χ1v) is 13.8. The summed E-state index contributed by atoms with van der Waals surface area (Å²) < 4.78 is 46.7. The lowest BCUT2D eigenvalue weighted by Gasteiger charge is -2.25. The minimum Gasteiger partial charge on any atom is -0.497 e. The van der Waals surface area contributed by atoms with Crippen LogP contribution in [0.25, 0.3) is 0 Å². The smallest absolute Gasteiger partial charge is 0.264 e. The largest absolute Gasteiger partial charge is 0.497 e. The summed E-state index contributed by atoms with van der Waals surface area (Å²) in [7, 11) is -2.75. The van der Waals surface area contributed by atoms with E-state index in [4.69, 9.17) is 4.74 Å². The molecule has 1 fully saturated rings. The van der Waals surface area contributed by atoms with Crippen molar-refractivity contribution >= 4 is 33.2 Å². The molecule has 1 saturated carbocycles. The Hall–Kier alpha value is -3.92. The van der Waals surface area contributed by atoms with Crippen molar-refractivity contribution in [2.45, 2.75) is 43.0 Å². The van der Waals surface area contributed by atoms with Crippen molar-refractivity contribution in [3.63, 3.8) is 0 Å². The van der Waals surface area contributed by atoms with Crippen LogP contribution in [-0.4, -0.2) is 39.9 Å². The lowest BCUT2D eigenvalue weighted by molar-refractivity contribution is -0.114. The van der Waals surface area contributed by atoms with Crippen LogP contribution in [-0.2, 0) is 14.8 Å².